The first-order valence-corrected chi connectivity index (χ1v) is 12.4. The molecule has 170 valence electrons. The molecule has 0 aliphatic heterocycles. The van der Waals surface area contributed by atoms with Gasteiger partial charge in [-0.05, 0) is 12.8 Å². The van der Waals surface area contributed by atoms with E-state index in [2.05, 4.69) is 13.8 Å². The maximum Gasteiger partial charge on any atom is 0.306 e. The van der Waals surface area contributed by atoms with Crippen molar-refractivity contribution < 1.29 is 9.90 Å². The fourth-order valence-electron chi connectivity index (χ4n) is 3.97. The van der Waals surface area contributed by atoms with Gasteiger partial charge < -0.3 is 11.3 Å². The van der Waals surface area contributed by atoms with E-state index in [-0.39, 0.29) is 12.1 Å². The summed E-state index contributed by atoms with van der Waals surface area (Å²) in [5.74, 6) is -0.661. The second-order valence-electron chi connectivity index (χ2n) is 8.62. The van der Waals surface area contributed by atoms with Gasteiger partial charge in [-0.3, -0.25) is 4.79 Å². The second kappa shape index (κ2) is 24.5. The molecule has 0 heterocycles. The van der Waals surface area contributed by atoms with E-state index < -0.39 is 5.97 Å². The molecule has 0 aromatic carbocycles. The van der Waals surface area contributed by atoms with Gasteiger partial charge in [-0.15, -0.1) is 0 Å². The van der Waals surface area contributed by atoms with E-state index in [1.54, 1.807) is 0 Å². The maximum atomic E-state index is 11.4. The van der Waals surface area contributed by atoms with Gasteiger partial charge in [-0.2, -0.15) is 0 Å². The van der Waals surface area contributed by atoms with Crippen LogP contribution in [0.25, 0.3) is 0 Å². The monoisotopic (exact) mass is 399 g/mol. The Labute approximate surface area is 177 Å². The first-order valence-electron chi connectivity index (χ1n) is 12.4. The van der Waals surface area contributed by atoms with Crippen LogP contribution in [0.1, 0.15) is 149 Å². The van der Waals surface area contributed by atoms with Gasteiger partial charge in [0.05, 0.1) is 5.92 Å². The van der Waals surface area contributed by atoms with Gasteiger partial charge in [-0.25, -0.2) is 0 Å². The Bertz CT molecular complexity index is 307. The molecule has 4 N–H and O–H groups in total. The van der Waals surface area contributed by atoms with Gasteiger partial charge in [0, 0.05) is 0 Å². The van der Waals surface area contributed by atoms with Crippen molar-refractivity contribution in [2.75, 3.05) is 0 Å². The van der Waals surface area contributed by atoms with Crippen LogP contribution in [0.15, 0.2) is 0 Å². The van der Waals surface area contributed by atoms with Crippen molar-refractivity contribution in [2.24, 2.45) is 5.92 Å². The lowest BCUT2D eigenvalue weighted by Gasteiger charge is -2.12. The zero-order valence-electron chi connectivity index (χ0n) is 19.5. The third-order valence-corrected chi connectivity index (χ3v) is 5.91. The SMILES string of the molecule is CCCCCCCCCCCCCCCC(CCCCCCCC)C(=O)O.N. The molecule has 1 unspecified atom stereocenters. The summed E-state index contributed by atoms with van der Waals surface area (Å²) < 4.78 is 0. The third kappa shape index (κ3) is 21.7. The molecule has 0 rings (SSSR count). The number of carbonyl (C=O) groups is 1. The number of hydrogen-bond acceptors (Lipinski definition) is 2. The Morgan fingerprint density at radius 2 is 0.786 bits per heavy atom. The molecule has 28 heavy (non-hydrogen) atoms. The van der Waals surface area contributed by atoms with Crippen molar-refractivity contribution in [1.82, 2.24) is 6.15 Å². The van der Waals surface area contributed by atoms with E-state index >= 15 is 0 Å². The highest BCUT2D eigenvalue weighted by atomic mass is 16.4. The van der Waals surface area contributed by atoms with E-state index in [9.17, 15) is 9.90 Å². The quantitative estimate of drug-likeness (QED) is 0.178. The van der Waals surface area contributed by atoms with E-state index in [0.29, 0.717) is 0 Å². The van der Waals surface area contributed by atoms with Gasteiger partial charge in [-0.1, -0.05) is 136 Å². The van der Waals surface area contributed by atoms with E-state index in [4.69, 9.17) is 0 Å². The predicted molar refractivity (Wildman–Crippen MR) is 124 cm³/mol. The van der Waals surface area contributed by atoms with Crippen molar-refractivity contribution in [1.29, 1.82) is 0 Å². The Balaban J connectivity index is 0. The van der Waals surface area contributed by atoms with Gasteiger partial charge in [0.25, 0.3) is 0 Å². The summed E-state index contributed by atoms with van der Waals surface area (Å²) in [6.45, 7) is 4.51. The molecule has 1 atom stereocenters. The van der Waals surface area contributed by atoms with Crippen molar-refractivity contribution in [3.8, 4) is 0 Å². The fourth-order valence-corrected chi connectivity index (χ4v) is 3.97. The Kier molecular flexibility index (Phi) is 25.9. The molecule has 0 fully saturated rings. The van der Waals surface area contributed by atoms with E-state index in [0.717, 1.165) is 25.7 Å². The van der Waals surface area contributed by atoms with Crippen LogP contribution >= 0.6 is 0 Å². The molecule has 0 aliphatic carbocycles. The molecule has 0 bridgehead atoms. The summed E-state index contributed by atoms with van der Waals surface area (Å²) in [7, 11) is 0. The molecule has 0 spiro atoms. The number of rotatable bonds is 22. The van der Waals surface area contributed by atoms with Crippen molar-refractivity contribution >= 4 is 5.97 Å². The topological polar surface area (TPSA) is 72.3 Å². The van der Waals surface area contributed by atoms with Crippen molar-refractivity contribution in [2.45, 2.75) is 149 Å². The van der Waals surface area contributed by atoms with Crippen LogP contribution in [0, 0.1) is 5.92 Å². The summed E-state index contributed by atoms with van der Waals surface area (Å²) >= 11 is 0. The largest absolute Gasteiger partial charge is 0.481 e. The minimum Gasteiger partial charge on any atom is -0.481 e. The Hall–Kier alpha value is -0.570. The van der Waals surface area contributed by atoms with Crippen molar-refractivity contribution in [3.05, 3.63) is 0 Å². The average molecular weight is 400 g/mol. The molecule has 3 nitrogen and oxygen atoms in total. The molecule has 0 aliphatic rings. The van der Waals surface area contributed by atoms with Crippen molar-refractivity contribution in [3.63, 3.8) is 0 Å². The minimum absolute atomic E-state index is 0. The van der Waals surface area contributed by atoms with Crippen LogP contribution in [0.5, 0.6) is 0 Å². The zero-order chi connectivity index (χ0) is 20.0. The molecule has 0 saturated heterocycles. The number of hydrogen-bond donors (Lipinski definition) is 2. The van der Waals surface area contributed by atoms with Gasteiger partial charge in [0.2, 0.25) is 0 Å². The van der Waals surface area contributed by atoms with E-state index in [1.807, 2.05) is 0 Å². The number of carboxylic acids is 1. The van der Waals surface area contributed by atoms with Crippen LogP contribution < -0.4 is 6.15 Å². The highest BCUT2D eigenvalue weighted by molar-refractivity contribution is 5.69. The first kappa shape index (κ1) is 29.6. The number of carboxylic acid groups (broad SMARTS) is 1. The standard InChI is InChI=1S/C25H50O2.H3N/c1-3-5-7-9-11-12-13-14-15-16-17-19-21-23-24(25(26)27)22-20-18-10-8-6-4-2;/h24H,3-23H2,1-2H3,(H,26,27);1H3. The Morgan fingerprint density at radius 3 is 1.04 bits per heavy atom. The molecule has 0 aromatic rings. The van der Waals surface area contributed by atoms with Crippen LogP contribution in [0.3, 0.4) is 0 Å². The Morgan fingerprint density at radius 1 is 0.536 bits per heavy atom. The fraction of sp³-hybridized carbons (Fsp3) is 0.960. The molecule has 0 amide bonds. The van der Waals surface area contributed by atoms with Crippen LogP contribution in [0.4, 0.5) is 0 Å². The zero-order valence-corrected chi connectivity index (χ0v) is 19.5. The summed E-state index contributed by atoms with van der Waals surface area (Å²) in [5.41, 5.74) is 0. The lowest BCUT2D eigenvalue weighted by atomic mass is 9.94. The molecule has 3 heteroatoms. The normalized spacial score (nSPS) is 11.9. The van der Waals surface area contributed by atoms with Gasteiger partial charge in [0.1, 0.15) is 0 Å². The van der Waals surface area contributed by atoms with Gasteiger partial charge in [0.15, 0.2) is 0 Å². The summed E-state index contributed by atoms with van der Waals surface area (Å²) in [6.07, 6.45) is 26.8. The van der Waals surface area contributed by atoms with E-state index in [1.165, 1.54) is 109 Å². The number of unbranched alkanes of at least 4 members (excludes halogenated alkanes) is 17. The molecule has 0 aromatic heterocycles. The highest BCUT2D eigenvalue weighted by Gasteiger charge is 2.16. The second-order valence-corrected chi connectivity index (χ2v) is 8.62. The summed E-state index contributed by atoms with van der Waals surface area (Å²) in [5, 5.41) is 9.41. The average Bonchev–Trinajstić information content (AvgIpc) is 2.66. The lowest BCUT2D eigenvalue weighted by molar-refractivity contribution is -0.142. The minimum atomic E-state index is -0.567. The maximum absolute atomic E-state index is 11.4. The molecular formula is C25H53NO2. The van der Waals surface area contributed by atoms with Gasteiger partial charge >= 0.3 is 5.97 Å². The smallest absolute Gasteiger partial charge is 0.306 e. The highest BCUT2D eigenvalue weighted by Crippen LogP contribution is 2.20. The first-order chi connectivity index (χ1) is 13.2. The van der Waals surface area contributed by atoms with Crippen LogP contribution in [-0.2, 0) is 4.79 Å². The molecule has 0 radical (unpaired) electrons. The number of aliphatic carboxylic acids is 1. The van der Waals surface area contributed by atoms with Crippen LogP contribution in [-0.4, -0.2) is 11.1 Å². The molecular weight excluding hydrogens is 346 g/mol. The summed E-state index contributed by atoms with van der Waals surface area (Å²) in [4.78, 5) is 11.4. The lowest BCUT2D eigenvalue weighted by Crippen LogP contribution is -2.13. The van der Waals surface area contributed by atoms with Crippen LogP contribution in [0.2, 0.25) is 0 Å². The summed E-state index contributed by atoms with van der Waals surface area (Å²) in [6, 6.07) is 0. The third-order valence-electron chi connectivity index (χ3n) is 5.91. The predicted octanol–water partition coefficient (Wildman–Crippen LogP) is 9.08. The molecule has 0 saturated carbocycles.